The number of hydrogen-bond acceptors (Lipinski definition) is 2. The fraction of sp³-hybridized carbons (Fsp3) is 0.462. The molecule has 0 saturated carbocycles. The van der Waals surface area contributed by atoms with Gasteiger partial charge >= 0.3 is 5.97 Å². The third-order valence-corrected chi connectivity index (χ3v) is 3.12. The summed E-state index contributed by atoms with van der Waals surface area (Å²) in [7, 11) is 0. The fourth-order valence-electron chi connectivity index (χ4n) is 2.33. The number of ether oxygens (including phenoxy) is 1. The van der Waals surface area contributed by atoms with E-state index < -0.39 is 0 Å². The van der Waals surface area contributed by atoms with Crippen LogP contribution in [0.15, 0.2) is 24.3 Å². The standard InChI is InChI=1S/C13H16O2/c1-9-12-6-4-3-5-11(12)7-8-13(9)15-10(2)14/h3-6,9,13H,7-8H2,1-2H3/t9-,13-/m0/s1. The predicted octanol–water partition coefficient (Wildman–Crippen LogP) is 2.67. The van der Waals surface area contributed by atoms with E-state index in [1.54, 1.807) is 0 Å². The molecule has 1 aliphatic carbocycles. The van der Waals surface area contributed by atoms with Crippen LogP contribution in [0.3, 0.4) is 0 Å². The Morgan fingerprint density at radius 2 is 2.13 bits per heavy atom. The van der Waals surface area contributed by atoms with Crippen molar-refractivity contribution in [3.05, 3.63) is 35.4 Å². The highest BCUT2D eigenvalue weighted by atomic mass is 16.5. The van der Waals surface area contributed by atoms with E-state index >= 15 is 0 Å². The van der Waals surface area contributed by atoms with Gasteiger partial charge in [-0.3, -0.25) is 4.79 Å². The number of hydrogen-bond donors (Lipinski definition) is 0. The number of fused-ring (bicyclic) bond motifs is 1. The van der Waals surface area contributed by atoms with Gasteiger partial charge < -0.3 is 4.74 Å². The molecule has 1 aliphatic rings. The van der Waals surface area contributed by atoms with Crippen LogP contribution >= 0.6 is 0 Å². The minimum absolute atomic E-state index is 0.0531. The van der Waals surface area contributed by atoms with E-state index in [9.17, 15) is 4.79 Å². The SMILES string of the molecule is CC(=O)O[C@H]1CCc2ccccc2[C@@H]1C. The van der Waals surface area contributed by atoms with Crippen molar-refractivity contribution in [2.24, 2.45) is 0 Å². The first-order valence-corrected chi connectivity index (χ1v) is 5.43. The van der Waals surface area contributed by atoms with E-state index in [1.165, 1.54) is 18.1 Å². The Morgan fingerprint density at radius 3 is 2.87 bits per heavy atom. The maximum Gasteiger partial charge on any atom is 0.302 e. The molecule has 0 spiro atoms. The van der Waals surface area contributed by atoms with Crippen LogP contribution in [0.1, 0.15) is 37.3 Å². The first-order chi connectivity index (χ1) is 7.18. The Balaban J connectivity index is 2.22. The Bertz CT molecular complexity index is 371. The average molecular weight is 204 g/mol. The van der Waals surface area contributed by atoms with E-state index in [4.69, 9.17) is 4.74 Å². The van der Waals surface area contributed by atoms with Gasteiger partial charge in [0, 0.05) is 12.8 Å². The van der Waals surface area contributed by atoms with Crippen LogP contribution in [0.5, 0.6) is 0 Å². The van der Waals surface area contributed by atoms with Crippen LogP contribution in [-0.2, 0) is 16.0 Å². The van der Waals surface area contributed by atoms with Crippen molar-refractivity contribution in [2.45, 2.75) is 38.7 Å². The summed E-state index contributed by atoms with van der Waals surface area (Å²) in [5, 5.41) is 0. The summed E-state index contributed by atoms with van der Waals surface area (Å²) in [6.07, 6.45) is 2.01. The summed E-state index contributed by atoms with van der Waals surface area (Å²) in [4.78, 5) is 10.9. The van der Waals surface area contributed by atoms with Crippen molar-refractivity contribution in [2.75, 3.05) is 0 Å². The molecule has 0 radical (unpaired) electrons. The zero-order valence-electron chi connectivity index (χ0n) is 9.19. The van der Waals surface area contributed by atoms with Gasteiger partial charge in [-0.05, 0) is 24.0 Å². The third kappa shape index (κ3) is 2.04. The Kier molecular flexibility index (Phi) is 2.76. The summed E-state index contributed by atoms with van der Waals surface area (Å²) in [6, 6.07) is 8.41. The number of benzene rings is 1. The molecule has 2 nitrogen and oxygen atoms in total. The van der Waals surface area contributed by atoms with Gasteiger partial charge in [0.15, 0.2) is 0 Å². The predicted molar refractivity (Wildman–Crippen MR) is 58.7 cm³/mol. The molecule has 80 valence electrons. The maximum atomic E-state index is 10.9. The molecule has 0 aromatic heterocycles. The Morgan fingerprint density at radius 1 is 1.40 bits per heavy atom. The van der Waals surface area contributed by atoms with Gasteiger partial charge in [-0.1, -0.05) is 31.2 Å². The van der Waals surface area contributed by atoms with Crippen LogP contribution in [0.4, 0.5) is 0 Å². The lowest BCUT2D eigenvalue weighted by molar-refractivity contribution is -0.147. The van der Waals surface area contributed by atoms with Crippen LogP contribution in [0.25, 0.3) is 0 Å². The zero-order chi connectivity index (χ0) is 10.8. The van der Waals surface area contributed by atoms with Gasteiger partial charge in [-0.15, -0.1) is 0 Å². The minimum atomic E-state index is -0.175. The highest BCUT2D eigenvalue weighted by Crippen LogP contribution is 2.33. The monoisotopic (exact) mass is 204 g/mol. The smallest absolute Gasteiger partial charge is 0.302 e. The van der Waals surface area contributed by atoms with Crippen LogP contribution < -0.4 is 0 Å². The summed E-state index contributed by atoms with van der Waals surface area (Å²) in [6.45, 7) is 3.61. The van der Waals surface area contributed by atoms with Crippen molar-refractivity contribution < 1.29 is 9.53 Å². The normalized spacial score (nSPS) is 24.4. The van der Waals surface area contributed by atoms with E-state index in [-0.39, 0.29) is 12.1 Å². The molecule has 0 saturated heterocycles. The van der Waals surface area contributed by atoms with Gasteiger partial charge in [0.05, 0.1) is 0 Å². The highest BCUT2D eigenvalue weighted by molar-refractivity contribution is 5.66. The van der Waals surface area contributed by atoms with Crippen LogP contribution in [0, 0.1) is 0 Å². The quantitative estimate of drug-likeness (QED) is 0.657. The number of carbonyl (C=O) groups is 1. The number of aryl methyl sites for hydroxylation is 1. The Hall–Kier alpha value is -1.31. The molecule has 0 heterocycles. The van der Waals surface area contributed by atoms with Crippen molar-refractivity contribution in [1.29, 1.82) is 0 Å². The van der Waals surface area contributed by atoms with Gasteiger partial charge in [-0.25, -0.2) is 0 Å². The minimum Gasteiger partial charge on any atom is -0.462 e. The van der Waals surface area contributed by atoms with Gasteiger partial charge in [0.1, 0.15) is 6.10 Å². The van der Waals surface area contributed by atoms with E-state index in [0.29, 0.717) is 5.92 Å². The van der Waals surface area contributed by atoms with Crippen molar-refractivity contribution in [1.82, 2.24) is 0 Å². The van der Waals surface area contributed by atoms with E-state index in [2.05, 4.69) is 25.1 Å². The highest BCUT2D eigenvalue weighted by Gasteiger charge is 2.27. The topological polar surface area (TPSA) is 26.3 Å². The summed E-state index contributed by atoms with van der Waals surface area (Å²) >= 11 is 0. The average Bonchev–Trinajstić information content (AvgIpc) is 2.22. The maximum absolute atomic E-state index is 10.9. The molecule has 0 fully saturated rings. The number of carbonyl (C=O) groups excluding carboxylic acids is 1. The van der Waals surface area contributed by atoms with Crippen molar-refractivity contribution in [3.8, 4) is 0 Å². The molecule has 2 rings (SSSR count). The summed E-state index contributed by atoms with van der Waals surface area (Å²) in [5.74, 6) is 0.144. The summed E-state index contributed by atoms with van der Waals surface area (Å²) < 4.78 is 5.32. The van der Waals surface area contributed by atoms with Gasteiger partial charge in [-0.2, -0.15) is 0 Å². The van der Waals surface area contributed by atoms with Crippen molar-refractivity contribution in [3.63, 3.8) is 0 Å². The molecule has 0 amide bonds. The molecule has 1 aromatic carbocycles. The molecule has 0 aliphatic heterocycles. The second kappa shape index (κ2) is 4.05. The molecule has 0 unspecified atom stereocenters. The molecule has 2 heteroatoms. The fourth-order valence-corrected chi connectivity index (χ4v) is 2.33. The lowest BCUT2D eigenvalue weighted by atomic mass is 9.82. The largest absolute Gasteiger partial charge is 0.462 e. The second-order valence-electron chi connectivity index (χ2n) is 4.17. The number of rotatable bonds is 1. The van der Waals surface area contributed by atoms with Crippen molar-refractivity contribution >= 4 is 5.97 Å². The third-order valence-electron chi connectivity index (χ3n) is 3.12. The first kappa shape index (κ1) is 10.2. The zero-order valence-corrected chi connectivity index (χ0v) is 9.19. The molecule has 15 heavy (non-hydrogen) atoms. The van der Waals surface area contributed by atoms with E-state index in [0.717, 1.165) is 12.8 Å². The Labute approximate surface area is 90.3 Å². The molecular weight excluding hydrogens is 188 g/mol. The second-order valence-corrected chi connectivity index (χ2v) is 4.17. The first-order valence-electron chi connectivity index (χ1n) is 5.43. The lowest BCUT2D eigenvalue weighted by Gasteiger charge is -2.30. The molecule has 0 bridgehead atoms. The summed E-state index contributed by atoms with van der Waals surface area (Å²) in [5.41, 5.74) is 2.73. The van der Waals surface area contributed by atoms with Gasteiger partial charge in [0.25, 0.3) is 0 Å². The lowest BCUT2D eigenvalue weighted by Crippen LogP contribution is -2.27. The number of esters is 1. The molecular formula is C13H16O2. The van der Waals surface area contributed by atoms with Crippen LogP contribution in [0.2, 0.25) is 0 Å². The molecule has 0 N–H and O–H groups in total. The van der Waals surface area contributed by atoms with Crippen LogP contribution in [-0.4, -0.2) is 12.1 Å². The van der Waals surface area contributed by atoms with E-state index in [1.807, 2.05) is 6.07 Å². The molecule has 1 aromatic rings. The molecule has 2 atom stereocenters. The van der Waals surface area contributed by atoms with Gasteiger partial charge in [0.2, 0.25) is 0 Å².